The minimum absolute atomic E-state index is 0.306. The van der Waals surface area contributed by atoms with Gasteiger partial charge in [-0.05, 0) is 6.92 Å². The van der Waals surface area contributed by atoms with Gasteiger partial charge in [0, 0.05) is 0 Å². The van der Waals surface area contributed by atoms with Crippen molar-refractivity contribution in [3.8, 4) is 0 Å². The zero-order valence-corrected chi connectivity index (χ0v) is 7.23. The average Bonchev–Trinajstić information content (AvgIpc) is 1.84. The molecule has 3 heteroatoms. The quantitative estimate of drug-likeness (QED) is 0.395. The van der Waals surface area contributed by atoms with Crippen LogP contribution in [0, 0.1) is 0 Å². The maximum absolute atomic E-state index is 12.3. The van der Waals surface area contributed by atoms with Gasteiger partial charge in [-0.2, -0.15) is 0 Å². The summed E-state index contributed by atoms with van der Waals surface area (Å²) in [5, 5.41) is 0. The lowest BCUT2D eigenvalue weighted by Crippen LogP contribution is -2.18. The van der Waals surface area contributed by atoms with Crippen LogP contribution >= 0.6 is 0 Å². The summed E-state index contributed by atoms with van der Waals surface area (Å²) in [5.74, 6) is 0. The minimum atomic E-state index is -1.01. The van der Waals surface area contributed by atoms with Gasteiger partial charge in [-0.15, -0.1) is 6.58 Å². The lowest BCUT2D eigenvalue weighted by atomic mass is 10.2. The second-order valence-corrected chi connectivity index (χ2v) is 2.09. The van der Waals surface area contributed by atoms with E-state index >= 15 is 0 Å². The van der Waals surface area contributed by atoms with E-state index in [2.05, 4.69) is 6.58 Å². The zero-order valence-electron chi connectivity index (χ0n) is 5.23. The highest BCUT2D eigenvalue weighted by Gasteiger charge is 2.08. The molecule has 0 radical (unpaired) electrons. The molecule has 2 atom stereocenters. The molecule has 0 aliphatic rings. The van der Waals surface area contributed by atoms with Crippen LogP contribution in [-0.4, -0.2) is 22.8 Å². The summed E-state index contributed by atoms with van der Waals surface area (Å²) in [6.07, 6.45) is -0.0607. The molecule has 0 N–H and O–H groups in total. The van der Waals surface area contributed by atoms with Crippen molar-refractivity contribution in [1.82, 2.24) is 0 Å². The first kappa shape index (κ1) is 7.85. The Labute approximate surface area is 52.1 Å². The van der Waals surface area contributed by atoms with Crippen LogP contribution in [0.3, 0.4) is 0 Å². The molecule has 0 aliphatic carbocycles. The van der Waals surface area contributed by atoms with E-state index in [-0.39, 0.29) is 6.10 Å². The Bertz CT molecular complexity index is 76.8. The molecule has 0 aliphatic heterocycles. The standard InChI is InChI=1S/C5H11FOSi/c1-3-5(6)4(2)7-8/h3-5H,1H2,2,8H3. The van der Waals surface area contributed by atoms with E-state index in [1.165, 1.54) is 6.08 Å². The summed E-state index contributed by atoms with van der Waals surface area (Å²) in [4.78, 5) is 0. The number of hydrogen-bond acceptors (Lipinski definition) is 1. The van der Waals surface area contributed by atoms with Crippen molar-refractivity contribution in [2.45, 2.75) is 19.2 Å². The van der Waals surface area contributed by atoms with Gasteiger partial charge in [-0.25, -0.2) is 4.39 Å². The number of rotatable bonds is 3. The lowest BCUT2D eigenvalue weighted by Gasteiger charge is -2.10. The van der Waals surface area contributed by atoms with Crippen molar-refractivity contribution in [2.24, 2.45) is 0 Å². The highest BCUT2D eigenvalue weighted by atomic mass is 28.2. The summed E-state index contributed by atoms with van der Waals surface area (Å²) in [6, 6.07) is 0. The van der Waals surface area contributed by atoms with E-state index in [1.807, 2.05) is 0 Å². The molecule has 0 saturated carbocycles. The molecule has 0 rings (SSSR count). The Morgan fingerprint density at radius 1 is 1.88 bits per heavy atom. The molecule has 0 heterocycles. The van der Waals surface area contributed by atoms with Gasteiger partial charge in [0.25, 0.3) is 0 Å². The number of halogens is 1. The molecule has 8 heavy (non-hydrogen) atoms. The Balaban J connectivity index is 3.44. The van der Waals surface area contributed by atoms with Crippen molar-refractivity contribution >= 4 is 10.5 Å². The largest absolute Gasteiger partial charge is 0.422 e. The Morgan fingerprint density at radius 3 is 2.50 bits per heavy atom. The molecule has 0 aromatic heterocycles. The van der Waals surface area contributed by atoms with E-state index < -0.39 is 6.17 Å². The topological polar surface area (TPSA) is 9.23 Å². The molecule has 2 unspecified atom stereocenters. The molecule has 0 bridgehead atoms. The van der Waals surface area contributed by atoms with Crippen LogP contribution < -0.4 is 0 Å². The monoisotopic (exact) mass is 134 g/mol. The molecule has 0 fully saturated rings. The Kier molecular flexibility index (Phi) is 3.73. The fourth-order valence-electron chi connectivity index (χ4n) is 0.322. The third-order valence-electron chi connectivity index (χ3n) is 1.05. The van der Waals surface area contributed by atoms with Crippen molar-refractivity contribution in [3.63, 3.8) is 0 Å². The first-order valence-electron chi connectivity index (χ1n) is 2.51. The highest BCUT2D eigenvalue weighted by Crippen LogP contribution is 2.01. The molecule has 0 spiro atoms. The third kappa shape index (κ3) is 2.23. The Morgan fingerprint density at radius 2 is 2.38 bits per heavy atom. The van der Waals surface area contributed by atoms with Crippen molar-refractivity contribution in [2.75, 3.05) is 0 Å². The third-order valence-corrected chi connectivity index (χ3v) is 1.79. The van der Waals surface area contributed by atoms with Gasteiger partial charge in [0.2, 0.25) is 0 Å². The molecule has 0 aromatic rings. The molecular formula is C5H11FOSi. The fourth-order valence-corrected chi connectivity index (χ4v) is 0.582. The SMILES string of the molecule is C=CC(F)C(C)O[SiH3]. The molecule has 0 aromatic carbocycles. The van der Waals surface area contributed by atoms with Crippen molar-refractivity contribution < 1.29 is 8.82 Å². The van der Waals surface area contributed by atoms with Gasteiger partial charge in [0.1, 0.15) is 16.7 Å². The second-order valence-electron chi connectivity index (χ2n) is 1.62. The second kappa shape index (κ2) is 3.80. The van der Waals surface area contributed by atoms with Crippen LogP contribution in [0.4, 0.5) is 4.39 Å². The molecule has 0 amide bonds. The van der Waals surface area contributed by atoms with Gasteiger partial charge in [-0.3, -0.25) is 0 Å². The molecule has 1 nitrogen and oxygen atoms in total. The normalized spacial score (nSPS) is 17.8. The zero-order chi connectivity index (χ0) is 6.57. The van der Waals surface area contributed by atoms with Gasteiger partial charge in [0.05, 0.1) is 6.10 Å². The summed E-state index contributed by atoms with van der Waals surface area (Å²) in [7, 11) is 0.587. The van der Waals surface area contributed by atoms with Crippen LogP contribution in [-0.2, 0) is 4.43 Å². The van der Waals surface area contributed by atoms with E-state index in [1.54, 1.807) is 6.92 Å². The first-order chi connectivity index (χ1) is 3.72. The van der Waals surface area contributed by atoms with Crippen LogP contribution in [0.2, 0.25) is 0 Å². The van der Waals surface area contributed by atoms with Crippen LogP contribution in [0.1, 0.15) is 6.92 Å². The maximum Gasteiger partial charge on any atom is 0.146 e. The van der Waals surface area contributed by atoms with Gasteiger partial charge in [0.15, 0.2) is 0 Å². The Hall–Kier alpha value is -0.153. The van der Waals surface area contributed by atoms with E-state index in [0.717, 1.165) is 0 Å². The van der Waals surface area contributed by atoms with Gasteiger partial charge >= 0.3 is 0 Å². The van der Waals surface area contributed by atoms with Crippen molar-refractivity contribution in [1.29, 1.82) is 0 Å². The summed E-state index contributed by atoms with van der Waals surface area (Å²) < 4.78 is 17.1. The smallest absolute Gasteiger partial charge is 0.146 e. The van der Waals surface area contributed by atoms with Crippen molar-refractivity contribution in [3.05, 3.63) is 12.7 Å². The number of hydrogen-bond donors (Lipinski definition) is 0. The highest BCUT2D eigenvalue weighted by molar-refractivity contribution is 5.98. The molecule has 0 saturated heterocycles. The number of alkyl halides is 1. The molecule has 48 valence electrons. The van der Waals surface area contributed by atoms with Gasteiger partial charge in [-0.1, -0.05) is 6.08 Å². The maximum atomic E-state index is 12.3. The van der Waals surface area contributed by atoms with E-state index in [4.69, 9.17) is 4.43 Å². The summed E-state index contributed by atoms with van der Waals surface area (Å²) in [6.45, 7) is 4.98. The van der Waals surface area contributed by atoms with Crippen LogP contribution in [0.25, 0.3) is 0 Å². The van der Waals surface area contributed by atoms with E-state index in [0.29, 0.717) is 10.5 Å². The lowest BCUT2D eigenvalue weighted by molar-refractivity contribution is 0.155. The fraction of sp³-hybridized carbons (Fsp3) is 0.600. The predicted molar refractivity (Wildman–Crippen MR) is 35.6 cm³/mol. The first-order valence-corrected chi connectivity index (χ1v) is 3.33. The predicted octanol–water partition coefficient (Wildman–Crippen LogP) is 0.196. The summed E-state index contributed by atoms with van der Waals surface area (Å²) >= 11 is 0. The summed E-state index contributed by atoms with van der Waals surface area (Å²) in [5.41, 5.74) is 0. The van der Waals surface area contributed by atoms with E-state index in [9.17, 15) is 4.39 Å². The van der Waals surface area contributed by atoms with Gasteiger partial charge < -0.3 is 4.43 Å². The molecular weight excluding hydrogens is 123 g/mol. The average molecular weight is 134 g/mol. The minimum Gasteiger partial charge on any atom is -0.422 e. The van der Waals surface area contributed by atoms with Crippen LogP contribution in [0.15, 0.2) is 12.7 Å². The van der Waals surface area contributed by atoms with Crippen LogP contribution in [0.5, 0.6) is 0 Å².